The SMILES string of the molecule is COc1ccc(N2C(=O)c3cccnc3[C@H]2Nc2ccc(Br)cc2)cc1. The number of fused-ring (bicyclic) bond motifs is 1. The highest BCUT2D eigenvalue weighted by molar-refractivity contribution is 9.10. The summed E-state index contributed by atoms with van der Waals surface area (Å²) in [7, 11) is 1.62. The molecule has 2 heterocycles. The van der Waals surface area contributed by atoms with Gasteiger partial charge in [0.05, 0.1) is 18.4 Å². The maximum Gasteiger partial charge on any atom is 0.262 e. The van der Waals surface area contributed by atoms with Gasteiger partial charge < -0.3 is 10.1 Å². The van der Waals surface area contributed by atoms with Gasteiger partial charge in [-0.05, 0) is 60.7 Å². The Bertz CT molecular complexity index is 942. The van der Waals surface area contributed by atoms with Gasteiger partial charge in [0, 0.05) is 22.0 Å². The number of halogens is 1. The second-order valence-electron chi connectivity index (χ2n) is 5.86. The Labute approximate surface area is 159 Å². The second-order valence-corrected chi connectivity index (χ2v) is 6.78. The molecule has 1 aliphatic rings. The summed E-state index contributed by atoms with van der Waals surface area (Å²) in [5, 5.41) is 3.42. The Morgan fingerprint density at radius 1 is 1.08 bits per heavy atom. The fraction of sp³-hybridized carbons (Fsp3) is 0.100. The van der Waals surface area contributed by atoms with Crippen molar-refractivity contribution in [1.82, 2.24) is 4.98 Å². The standard InChI is InChI=1S/C20H16BrN3O2/c1-26-16-10-8-15(9-11-16)24-19(23-14-6-4-13(21)5-7-14)18-17(20(24)25)3-2-12-22-18/h2-12,19,23H,1H3/t19-/m0/s1. The Hall–Kier alpha value is -2.86. The predicted octanol–water partition coefficient (Wildman–Crippen LogP) is 4.62. The van der Waals surface area contributed by atoms with Crippen molar-refractivity contribution < 1.29 is 9.53 Å². The van der Waals surface area contributed by atoms with Gasteiger partial charge in [-0.15, -0.1) is 0 Å². The zero-order valence-electron chi connectivity index (χ0n) is 14.0. The highest BCUT2D eigenvalue weighted by atomic mass is 79.9. The number of carbonyl (C=O) groups is 1. The highest BCUT2D eigenvalue weighted by Crippen LogP contribution is 2.37. The van der Waals surface area contributed by atoms with Gasteiger partial charge in [0.2, 0.25) is 0 Å². The lowest BCUT2D eigenvalue weighted by Crippen LogP contribution is -2.32. The molecule has 0 saturated heterocycles. The summed E-state index contributed by atoms with van der Waals surface area (Å²) in [6.07, 6.45) is 1.33. The molecule has 0 aliphatic carbocycles. The van der Waals surface area contributed by atoms with Gasteiger partial charge in [-0.1, -0.05) is 15.9 Å². The maximum absolute atomic E-state index is 13.0. The average molecular weight is 410 g/mol. The number of carbonyl (C=O) groups excluding carboxylic acids is 1. The summed E-state index contributed by atoms with van der Waals surface area (Å²) < 4.78 is 6.21. The van der Waals surface area contributed by atoms with E-state index in [0.717, 1.165) is 27.3 Å². The quantitative estimate of drug-likeness (QED) is 0.682. The number of pyridine rings is 1. The molecule has 5 nitrogen and oxygen atoms in total. The molecule has 2 aromatic carbocycles. The van der Waals surface area contributed by atoms with Crippen molar-refractivity contribution in [3.63, 3.8) is 0 Å². The van der Waals surface area contributed by atoms with E-state index in [0.29, 0.717) is 5.56 Å². The molecule has 0 fully saturated rings. The number of hydrogen-bond acceptors (Lipinski definition) is 4. The van der Waals surface area contributed by atoms with Crippen molar-refractivity contribution in [1.29, 1.82) is 0 Å². The van der Waals surface area contributed by atoms with Gasteiger partial charge in [-0.25, -0.2) is 0 Å². The molecule has 1 amide bonds. The molecule has 6 heteroatoms. The molecule has 4 rings (SSSR count). The van der Waals surface area contributed by atoms with Crippen LogP contribution in [0.2, 0.25) is 0 Å². The van der Waals surface area contributed by atoms with Crippen LogP contribution in [0.15, 0.2) is 71.3 Å². The average Bonchev–Trinajstić information content (AvgIpc) is 2.96. The van der Waals surface area contributed by atoms with Gasteiger partial charge >= 0.3 is 0 Å². The first-order valence-electron chi connectivity index (χ1n) is 8.12. The molecule has 3 aromatic rings. The van der Waals surface area contributed by atoms with Gasteiger partial charge in [0.25, 0.3) is 5.91 Å². The number of benzene rings is 2. The van der Waals surface area contributed by atoms with Crippen LogP contribution >= 0.6 is 15.9 Å². The zero-order valence-corrected chi connectivity index (χ0v) is 15.6. The highest BCUT2D eigenvalue weighted by Gasteiger charge is 2.38. The number of rotatable bonds is 4. The molecule has 0 unspecified atom stereocenters. The van der Waals surface area contributed by atoms with E-state index in [4.69, 9.17) is 4.74 Å². The molecule has 0 spiro atoms. The lowest BCUT2D eigenvalue weighted by Gasteiger charge is -2.26. The van der Waals surface area contributed by atoms with Crippen LogP contribution in [0.3, 0.4) is 0 Å². The minimum Gasteiger partial charge on any atom is -0.497 e. The van der Waals surface area contributed by atoms with Gasteiger partial charge in [0.1, 0.15) is 5.75 Å². The molecule has 26 heavy (non-hydrogen) atoms. The lowest BCUT2D eigenvalue weighted by molar-refractivity contribution is 0.0993. The molecular formula is C20H16BrN3O2. The first-order chi connectivity index (χ1) is 12.7. The van der Waals surface area contributed by atoms with E-state index in [1.807, 2.05) is 54.6 Å². The van der Waals surface area contributed by atoms with Crippen molar-refractivity contribution >= 4 is 33.2 Å². The fourth-order valence-electron chi connectivity index (χ4n) is 3.03. The smallest absolute Gasteiger partial charge is 0.262 e. The van der Waals surface area contributed by atoms with Crippen molar-refractivity contribution in [2.45, 2.75) is 6.17 Å². The topological polar surface area (TPSA) is 54.5 Å². The first kappa shape index (κ1) is 16.6. The fourth-order valence-corrected chi connectivity index (χ4v) is 3.30. The summed E-state index contributed by atoms with van der Waals surface area (Å²) in [6, 6.07) is 18.9. The molecule has 0 radical (unpaired) electrons. The van der Waals surface area contributed by atoms with Crippen LogP contribution < -0.4 is 15.0 Å². The van der Waals surface area contributed by atoms with Crippen LogP contribution in [-0.2, 0) is 0 Å². The molecule has 1 aliphatic heterocycles. The summed E-state index contributed by atoms with van der Waals surface area (Å²) in [5.74, 6) is 0.668. The van der Waals surface area contributed by atoms with Gasteiger partial charge in [-0.2, -0.15) is 0 Å². The summed E-state index contributed by atoms with van der Waals surface area (Å²) in [6.45, 7) is 0. The normalized spacial score (nSPS) is 15.7. The number of nitrogens with zero attached hydrogens (tertiary/aromatic N) is 2. The molecular weight excluding hydrogens is 394 g/mol. The molecule has 1 atom stereocenters. The summed E-state index contributed by atoms with van der Waals surface area (Å²) in [4.78, 5) is 19.2. The first-order valence-corrected chi connectivity index (χ1v) is 8.91. The Balaban J connectivity index is 1.75. The Morgan fingerprint density at radius 2 is 1.81 bits per heavy atom. The summed E-state index contributed by atoms with van der Waals surface area (Å²) >= 11 is 3.44. The van der Waals surface area contributed by atoms with E-state index in [1.165, 1.54) is 0 Å². The van der Waals surface area contributed by atoms with Crippen molar-refractivity contribution in [3.8, 4) is 5.75 Å². The van der Waals surface area contributed by atoms with Gasteiger partial charge in [0.15, 0.2) is 6.17 Å². The molecule has 0 saturated carbocycles. The monoisotopic (exact) mass is 409 g/mol. The second kappa shape index (κ2) is 6.80. The molecule has 0 bridgehead atoms. The number of amides is 1. The van der Waals surface area contributed by atoms with Crippen LogP contribution in [0.4, 0.5) is 11.4 Å². The Morgan fingerprint density at radius 3 is 2.50 bits per heavy atom. The Kier molecular flexibility index (Phi) is 4.34. The van der Waals surface area contributed by atoms with Crippen LogP contribution in [0.1, 0.15) is 22.2 Å². The molecule has 1 N–H and O–H groups in total. The van der Waals surface area contributed by atoms with E-state index in [-0.39, 0.29) is 12.1 Å². The third-order valence-corrected chi connectivity index (χ3v) is 4.83. The number of methoxy groups -OCH3 is 1. The minimum absolute atomic E-state index is 0.0760. The summed E-state index contributed by atoms with van der Waals surface area (Å²) in [5.41, 5.74) is 3.01. The van der Waals surface area contributed by atoms with E-state index < -0.39 is 0 Å². The predicted molar refractivity (Wildman–Crippen MR) is 105 cm³/mol. The van der Waals surface area contributed by atoms with Crippen molar-refractivity contribution in [2.75, 3.05) is 17.3 Å². The number of hydrogen-bond donors (Lipinski definition) is 1. The van der Waals surface area contributed by atoms with E-state index >= 15 is 0 Å². The number of ether oxygens (including phenoxy) is 1. The van der Waals surface area contributed by atoms with E-state index in [9.17, 15) is 4.79 Å². The van der Waals surface area contributed by atoms with Crippen molar-refractivity contribution in [2.24, 2.45) is 0 Å². The number of nitrogens with one attached hydrogen (secondary N) is 1. The van der Waals surface area contributed by atoms with Crippen LogP contribution in [0.5, 0.6) is 5.75 Å². The number of aromatic nitrogens is 1. The van der Waals surface area contributed by atoms with Crippen LogP contribution in [0, 0.1) is 0 Å². The largest absolute Gasteiger partial charge is 0.497 e. The minimum atomic E-state index is -0.381. The van der Waals surface area contributed by atoms with E-state index in [1.54, 1.807) is 24.3 Å². The third-order valence-electron chi connectivity index (χ3n) is 4.30. The maximum atomic E-state index is 13.0. The van der Waals surface area contributed by atoms with Crippen LogP contribution in [0.25, 0.3) is 0 Å². The van der Waals surface area contributed by atoms with Crippen molar-refractivity contribution in [3.05, 3.63) is 82.6 Å². The molecule has 1 aromatic heterocycles. The van der Waals surface area contributed by atoms with E-state index in [2.05, 4.69) is 26.2 Å². The van der Waals surface area contributed by atoms with Crippen LogP contribution in [-0.4, -0.2) is 18.0 Å². The van der Waals surface area contributed by atoms with Gasteiger partial charge in [-0.3, -0.25) is 14.7 Å². The third kappa shape index (κ3) is 2.93. The zero-order chi connectivity index (χ0) is 18.1. The number of anilines is 2. The lowest BCUT2D eigenvalue weighted by atomic mass is 10.2. The molecule has 130 valence electrons.